The van der Waals surface area contributed by atoms with Gasteiger partial charge in [0.25, 0.3) is 5.69 Å². The summed E-state index contributed by atoms with van der Waals surface area (Å²) in [6, 6.07) is 16.7. The summed E-state index contributed by atoms with van der Waals surface area (Å²) in [6.07, 6.45) is 0. The molecule has 2 aromatic carbocycles. The molecule has 114 valence electrons. The van der Waals surface area contributed by atoms with Crippen molar-refractivity contribution in [3.05, 3.63) is 81.2 Å². The van der Waals surface area contributed by atoms with E-state index in [1.807, 2.05) is 30.3 Å². The molecule has 6 heteroatoms. The van der Waals surface area contributed by atoms with E-state index in [2.05, 4.69) is 0 Å². The summed E-state index contributed by atoms with van der Waals surface area (Å²) in [6.45, 7) is 0. The van der Waals surface area contributed by atoms with Crippen LogP contribution in [0.1, 0.15) is 0 Å². The molecule has 0 saturated heterocycles. The van der Waals surface area contributed by atoms with Crippen LogP contribution >= 0.6 is 0 Å². The van der Waals surface area contributed by atoms with Crippen molar-refractivity contribution >= 4 is 11.4 Å². The first-order chi connectivity index (χ1) is 11.1. The minimum absolute atomic E-state index is 0.00498. The normalized spacial score (nSPS) is 10.4. The van der Waals surface area contributed by atoms with Crippen LogP contribution in [0.5, 0.6) is 0 Å². The average molecular weight is 308 g/mol. The number of nitro benzene ring substituents is 1. The first kappa shape index (κ1) is 14.5. The maximum atomic E-state index is 12.0. The van der Waals surface area contributed by atoms with Crippen LogP contribution in [0, 0.1) is 10.1 Å². The molecule has 2 N–H and O–H groups in total. The summed E-state index contributed by atoms with van der Waals surface area (Å²) in [5.41, 5.74) is 6.81. The molecule has 1 aromatic heterocycles. The second kappa shape index (κ2) is 5.76. The van der Waals surface area contributed by atoms with Gasteiger partial charge in [-0.2, -0.15) is 0 Å². The van der Waals surface area contributed by atoms with Gasteiger partial charge in [-0.15, -0.1) is 0 Å². The zero-order valence-electron chi connectivity index (χ0n) is 11.9. The lowest BCUT2D eigenvalue weighted by molar-refractivity contribution is -0.384. The highest BCUT2D eigenvalue weighted by Crippen LogP contribution is 2.30. The molecule has 0 atom stereocenters. The summed E-state index contributed by atoms with van der Waals surface area (Å²) >= 11 is 0. The monoisotopic (exact) mass is 308 g/mol. The number of non-ortho nitro benzene ring substituents is 1. The molecule has 0 aliphatic heterocycles. The fourth-order valence-electron chi connectivity index (χ4n) is 2.27. The molecular formula is C17H12N2O4. The van der Waals surface area contributed by atoms with Crippen molar-refractivity contribution in [2.45, 2.75) is 0 Å². The molecule has 0 saturated carbocycles. The van der Waals surface area contributed by atoms with Crippen molar-refractivity contribution in [3.63, 3.8) is 0 Å². The van der Waals surface area contributed by atoms with Crippen LogP contribution in [-0.4, -0.2) is 4.92 Å². The third kappa shape index (κ3) is 2.82. The fraction of sp³-hybridized carbons (Fsp3) is 0. The van der Waals surface area contributed by atoms with Crippen LogP contribution in [0.3, 0.4) is 0 Å². The van der Waals surface area contributed by atoms with Crippen molar-refractivity contribution < 1.29 is 9.34 Å². The third-order valence-electron chi connectivity index (χ3n) is 3.41. The molecule has 3 rings (SSSR count). The number of nitrogens with zero attached hydrogens (tertiary/aromatic N) is 1. The molecule has 0 unspecified atom stereocenters. The van der Waals surface area contributed by atoms with Gasteiger partial charge < -0.3 is 10.2 Å². The lowest BCUT2D eigenvalue weighted by Gasteiger charge is -2.07. The van der Waals surface area contributed by atoms with Gasteiger partial charge in [0.15, 0.2) is 0 Å². The molecule has 0 aliphatic carbocycles. The number of anilines is 1. The number of hydrogen-bond donors (Lipinski definition) is 1. The first-order valence-electron chi connectivity index (χ1n) is 6.80. The number of nitrogens with two attached hydrogens (primary N) is 1. The Morgan fingerprint density at radius 3 is 2.35 bits per heavy atom. The molecule has 0 amide bonds. The zero-order valence-corrected chi connectivity index (χ0v) is 11.9. The van der Waals surface area contributed by atoms with Crippen molar-refractivity contribution in [1.29, 1.82) is 0 Å². The summed E-state index contributed by atoms with van der Waals surface area (Å²) in [7, 11) is 0. The fourth-order valence-corrected chi connectivity index (χ4v) is 2.27. The van der Waals surface area contributed by atoms with Crippen LogP contribution in [0.4, 0.5) is 11.4 Å². The van der Waals surface area contributed by atoms with Crippen LogP contribution < -0.4 is 11.4 Å². The van der Waals surface area contributed by atoms with Gasteiger partial charge in [0, 0.05) is 23.3 Å². The Morgan fingerprint density at radius 2 is 1.65 bits per heavy atom. The number of hydrogen-bond acceptors (Lipinski definition) is 5. The molecule has 0 fully saturated rings. The Bertz CT molecular complexity index is 933. The lowest BCUT2D eigenvalue weighted by Crippen LogP contribution is -2.08. The van der Waals surface area contributed by atoms with E-state index in [-0.39, 0.29) is 17.1 Å². The van der Waals surface area contributed by atoms with Crippen LogP contribution in [-0.2, 0) is 0 Å². The number of nitro groups is 1. The summed E-state index contributed by atoms with van der Waals surface area (Å²) in [5, 5.41) is 10.9. The predicted molar refractivity (Wildman–Crippen MR) is 86.9 cm³/mol. The van der Waals surface area contributed by atoms with Gasteiger partial charge in [-0.1, -0.05) is 42.5 Å². The zero-order chi connectivity index (χ0) is 16.4. The van der Waals surface area contributed by atoms with Gasteiger partial charge in [-0.25, -0.2) is 4.79 Å². The van der Waals surface area contributed by atoms with Gasteiger partial charge in [0.2, 0.25) is 0 Å². The van der Waals surface area contributed by atoms with E-state index in [0.29, 0.717) is 11.1 Å². The van der Waals surface area contributed by atoms with E-state index >= 15 is 0 Å². The molecule has 0 aliphatic rings. The number of benzene rings is 2. The Kier molecular flexibility index (Phi) is 3.64. The van der Waals surface area contributed by atoms with Gasteiger partial charge in [0.05, 0.1) is 4.92 Å². The SMILES string of the molecule is Nc1c(-c2ccccc2)cc(-c2cccc([N+](=O)[O-])c2)oc1=O. The van der Waals surface area contributed by atoms with Crippen molar-refractivity contribution in [3.8, 4) is 22.5 Å². The van der Waals surface area contributed by atoms with E-state index in [0.717, 1.165) is 5.56 Å². The van der Waals surface area contributed by atoms with E-state index < -0.39 is 10.5 Å². The van der Waals surface area contributed by atoms with Crippen LogP contribution in [0.2, 0.25) is 0 Å². The van der Waals surface area contributed by atoms with Gasteiger partial charge in [-0.05, 0) is 11.6 Å². The summed E-state index contributed by atoms with van der Waals surface area (Å²) in [4.78, 5) is 22.4. The van der Waals surface area contributed by atoms with E-state index in [4.69, 9.17) is 10.2 Å². The Hall–Kier alpha value is -3.41. The van der Waals surface area contributed by atoms with Crippen LogP contribution in [0.15, 0.2) is 69.9 Å². The van der Waals surface area contributed by atoms with Crippen LogP contribution in [0.25, 0.3) is 22.5 Å². The number of rotatable bonds is 3. The minimum atomic E-state index is -0.673. The predicted octanol–water partition coefficient (Wildman–Crippen LogP) is 3.46. The average Bonchev–Trinajstić information content (AvgIpc) is 2.58. The second-order valence-electron chi connectivity index (χ2n) is 4.90. The van der Waals surface area contributed by atoms with E-state index in [1.54, 1.807) is 12.1 Å². The van der Waals surface area contributed by atoms with Gasteiger partial charge in [0.1, 0.15) is 11.4 Å². The highest BCUT2D eigenvalue weighted by atomic mass is 16.6. The van der Waals surface area contributed by atoms with Crippen molar-refractivity contribution in [1.82, 2.24) is 0 Å². The first-order valence-corrected chi connectivity index (χ1v) is 6.80. The van der Waals surface area contributed by atoms with E-state index in [1.165, 1.54) is 18.2 Å². The minimum Gasteiger partial charge on any atom is -0.421 e. The van der Waals surface area contributed by atoms with Crippen molar-refractivity contribution in [2.75, 3.05) is 5.73 Å². The Balaban J connectivity index is 2.19. The molecule has 0 radical (unpaired) electrons. The van der Waals surface area contributed by atoms with Gasteiger partial charge in [-0.3, -0.25) is 10.1 Å². The Labute approximate surface area is 131 Å². The lowest BCUT2D eigenvalue weighted by atomic mass is 10.0. The van der Waals surface area contributed by atoms with Gasteiger partial charge >= 0.3 is 5.63 Å². The molecule has 3 aromatic rings. The second-order valence-corrected chi connectivity index (χ2v) is 4.90. The highest BCUT2D eigenvalue weighted by Gasteiger charge is 2.14. The summed E-state index contributed by atoms with van der Waals surface area (Å²) in [5.74, 6) is 0.228. The highest BCUT2D eigenvalue weighted by molar-refractivity contribution is 5.78. The Morgan fingerprint density at radius 1 is 0.957 bits per heavy atom. The largest absolute Gasteiger partial charge is 0.421 e. The molecule has 1 heterocycles. The quantitative estimate of drug-likeness (QED) is 0.590. The number of nitrogen functional groups attached to an aromatic ring is 1. The maximum absolute atomic E-state index is 12.0. The van der Waals surface area contributed by atoms with Crippen molar-refractivity contribution in [2.24, 2.45) is 0 Å². The maximum Gasteiger partial charge on any atom is 0.360 e. The molecule has 0 bridgehead atoms. The standard InChI is InChI=1S/C17H12N2O4/c18-16-14(11-5-2-1-3-6-11)10-15(23-17(16)20)12-7-4-8-13(9-12)19(21)22/h1-10H,18H2. The molecular weight excluding hydrogens is 296 g/mol. The summed E-state index contributed by atoms with van der Waals surface area (Å²) < 4.78 is 5.19. The smallest absolute Gasteiger partial charge is 0.360 e. The molecule has 23 heavy (non-hydrogen) atoms. The molecule has 6 nitrogen and oxygen atoms in total. The molecule has 0 spiro atoms. The topological polar surface area (TPSA) is 99.4 Å². The van der Waals surface area contributed by atoms with E-state index in [9.17, 15) is 14.9 Å². The third-order valence-corrected chi connectivity index (χ3v) is 3.41.